The molecule has 68 valence electrons. The van der Waals surface area contributed by atoms with Crippen molar-refractivity contribution in [2.45, 2.75) is 0 Å². The molecular formula is C6H7N5O2. The summed E-state index contributed by atoms with van der Waals surface area (Å²) in [6.07, 6.45) is 0.968. The Labute approximate surface area is 73.5 Å². The van der Waals surface area contributed by atoms with Crippen LogP contribution in [0.3, 0.4) is 0 Å². The van der Waals surface area contributed by atoms with E-state index in [-0.39, 0.29) is 17.9 Å². The van der Waals surface area contributed by atoms with Crippen LogP contribution < -0.4 is 16.2 Å². The quantitative estimate of drug-likeness (QED) is 0.449. The van der Waals surface area contributed by atoms with E-state index >= 15 is 0 Å². The number of carbonyl (C=O) groups is 1. The van der Waals surface area contributed by atoms with Gasteiger partial charge in [-0.15, -0.1) is 0 Å². The Bertz CT molecular complexity index is 331. The highest BCUT2D eigenvalue weighted by molar-refractivity contribution is 5.82. The van der Waals surface area contributed by atoms with Gasteiger partial charge in [-0.05, 0) is 0 Å². The van der Waals surface area contributed by atoms with Crippen LogP contribution in [-0.4, -0.2) is 20.9 Å². The van der Waals surface area contributed by atoms with Crippen molar-refractivity contribution in [3.63, 3.8) is 0 Å². The molecule has 1 heterocycles. The molecule has 0 spiro atoms. The van der Waals surface area contributed by atoms with Gasteiger partial charge in [-0.1, -0.05) is 6.58 Å². The minimum atomic E-state index is -0.690. The Hall–Kier alpha value is -2.18. The Morgan fingerprint density at radius 1 is 1.31 bits per heavy atom. The normalized spacial score (nSPS) is 9.23. The highest BCUT2D eigenvalue weighted by atomic mass is 16.5. The number of hydrogen-bond acceptors (Lipinski definition) is 7. The Morgan fingerprint density at radius 3 is 2.31 bits per heavy atom. The van der Waals surface area contributed by atoms with Crippen molar-refractivity contribution < 1.29 is 9.53 Å². The number of esters is 1. The van der Waals surface area contributed by atoms with Crippen molar-refractivity contribution in [3.8, 4) is 6.01 Å². The number of hydrogen-bond donors (Lipinski definition) is 2. The second-order valence-electron chi connectivity index (χ2n) is 1.96. The molecule has 13 heavy (non-hydrogen) atoms. The summed E-state index contributed by atoms with van der Waals surface area (Å²) in [5.41, 5.74) is 10.4. The van der Waals surface area contributed by atoms with Crippen molar-refractivity contribution in [1.29, 1.82) is 0 Å². The molecule has 0 aliphatic carbocycles. The lowest BCUT2D eigenvalue weighted by Crippen LogP contribution is -2.10. The third-order valence-corrected chi connectivity index (χ3v) is 1.01. The van der Waals surface area contributed by atoms with Crippen molar-refractivity contribution in [3.05, 3.63) is 12.7 Å². The van der Waals surface area contributed by atoms with Gasteiger partial charge in [-0.3, -0.25) is 0 Å². The molecule has 0 aliphatic rings. The molecule has 0 saturated heterocycles. The summed E-state index contributed by atoms with van der Waals surface area (Å²) >= 11 is 0. The van der Waals surface area contributed by atoms with Gasteiger partial charge in [0.2, 0.25) is 11.9 Å². The summed E-state index contributed by atoms with van der Waals surface area (Å²) < 4.78 is 4.55. The maximum absolute atomic E-state index is 10.7. The Morgan fingerprint density at radius 2 is 1.85 bits per heavy atom. The first-order valence-electron chi connectivity index (χ1n) is 3.23. The average molecular weight is 181 g/mol. The van der Waals surface area contributed by atoms with Gasteiger partial charge in [0.1, 0.15) is 0 Å². The van der Waals surface area contributed by atoms with E-state index < -0.39 is 5.97 Å². The molecule has 0 bridgehead atoms. The van der Waals surface area contributed by atoms with Gasteiger partial charge < -0.3 is 16.2 Å². The average Bonchev–Trinajstić information content (AvgIpc) is 2.02. The molecule has 4 N–H and O–H groups in total. The fourth-order valence-electron chi connectivity index (χ4n) is 0.566. The lowest BCUT2D eigenvalue weighted by Gasteiger charge is -1.99. The molecule has 1 aromatic rings. The van der Waals surface area contributed by atoms with Gasteiger partial charge in [0.05, 0.1) is 0 Å². The highest BCUT2D eigenvalue weighted by Crippen LogP contribution is 2.05. The molecule has 7 heteroatoms. The topological polar surface area (TPSA) is 117 Å². The lowest BCUT2D eigenvalue weighted by molar-refractivity contribution is -0.129. The van der Waals surface area contributed by atoms with Gasteiger partial charge >= 0.3 is 12.0 Å². The van der Waals surface area contributed by atoms with E-state index in [0.717, 1.165) is 6.08 Å². The summed E-state index contributed by atoms with van der Waals surface area (Å²) in [4.78, 5) is 21.2. The van der Waals surface area contributed by atoms with E-state index in [9.17, 15) is 4.79 Å². The lowest BCUT2D eigenvalue weighted by atomic mass is 10.7. The third kappa shape index (κ3) is 2.40. The van der Waals surface area contributed by atoms with Crippen LogP contribution in [0, 0.1) is 0 Å². The van der Waals surface area contributed by atoms with Crippen molar-refractivity contribution in [2.24, 2.45) is 0 Å². The first-order valence-corrected chi connectivity index (χ1v) is 3.23. The number of nitrogens with zero attached hydrogens (tertiary/aromatic N) is 3. The Balaban J connectivity index is 2.89. The van der Waals surface area contributed by atoms with Gasteiger partial charge in [0.25, 0.3) is 0 Å². The largest absolute Gasteiger partial charge is 0.387 e. The highest BCUT2D eigenvalue weighted by Gasteiger charge is 2.05. The summed E-state index contributed by atoms with van der Waals surface area (Å²) in [6.45, 7) is 3.19. The summed E-state index contributed by atoms with van der Waals surface area (Å²) in [5, 5.41) is 0. The number of aromatic nitrogens is 3. The van der Waals surface area contributed by atoms with Gasteiger partial charge in [0.15, 0.2) is 0 Å². The summed E-state index contributed by atoms with van der Waals surface area (Å²) in [7, 11) is 0. The van der Waals surface area contributed by atoms with E-state index in [2.05, 4.69) is 26.3 Å². The third-order valence-electron chi connectivity index (χ3n) is 1.01. The van der Waals surface area contributed by atoms with E-state index in [4.69, 9.17) is 11.5 Å². The monoisotopic (exact) mass is 181 g/mol. The van der Waals surface area contributed by atoms with E-state index in [1.807, 2.05) is 0 Å². The fourth-order valence-corrected chi connectivity index (χ4v) is 0.566. The number of rotatable bonds is 2. The second kappa shape index (κ2) is 3.48. The molecule has 0 amide bonds. The minimum absolute atomic E-state index is 0.112. The summed E-state index contributed by atoms with van der Waals surface area (Å²) in [5.74, 6) is -0.913. The van der Waals surface area contributed by atoms with E-state index in [1.54, 1.807) is 0 Å². The van der Waals surface area contributed by atoms with Crippen LogP contribution in [0.2, 0.25) is 0 Å². The van der Waals surface area contributed by atoms with Crippen LogP contribution in [0.5, 0.6) is 6.01 Å². The van der Waals surface area contributed by atoms with E-state index in [1.165, 1.54) is 0 Å². The second-order valence-corrected chi connectivity index (χ2v) is 1.96. The SMILES string of the molecule is C=CC(=O)Oc1nc(N)nc(N)n1. The smallest absolute Gasteiger partial charge is 0.337 e. The van der Waals surface area contributed by atoms with E-state index in [0.29, 0.717) is 0 Å². The molecule has 0 radical (unpaired) electrons. The molecule has 0 saturated carbocycles. The number of carbonyl (C=O) groups excluding carboxylic acids is 1. The molecule has 0 aliphatic heterocycles. The van der Waals surface area contributed by atoms with Gasteiger partial charge in [-0.25, -0.2) is 4.79 Å². The molecule has 0 unspecified atom stereocenters. The maximum atomic E-state index is 10.7. The number of ether oxygens (including phenoxy) is 1. The van der Waals surface area contributed by atoms with Gasteiger partial charge in [0, 0.05) is 6.08 Å². The van der Waals surface area contributed by atoms with Crippen LogP contribution in [0.25, 0.3) is 0 Å². The number of anilines is 2. The zero-order valence-corrected chi connectivity index (χ0v) is 6.60. The number of nitrogen functional groups attached to an aromatic ring is 2. The predicted molar refractivity (Wildman–Crippen MR) is 44.5 cm³/mol. The molecule has 7 nitrogen and oxygen atoms in total. The van der Waals surface area contributed by atoms with Crippen LogP contribution >= 0.6 is 0 Å². The molecule has 0 fully saturated rings. The standard InChI is InChI=1S/C6H7N5O2/c1-2-3(12)13-6-10-4(7)9-5(8)11-6/h2H,1H2,(H4,7,8,9,10,11). The van der Waals surface area contributed by atoms with Crippen LogP contribution in [0.15, 0.2) is 12.7 Å². The first kappa shape index (κ1) is 8.91. The molecular weight excluding hydrogens is 174 g/mol. The zero-order valence-electron chi connectivity index (χ0n) is 6.60. The van der Waals surface area contributed by atoms with Crippen molar-refractivity contribution >= 4 is 17.9 Å². The zero-order chi connectivity index (χ0) is 9.84. The minimum Gasteiger partial charge on any atom is -0.387 e. The number of nitrogens with two attached hydrogens (primary N) is 2. The molecule has 1 rings (SSSR count). The molecule has 0 aromatic carbocycles. The van der Waals surface area contributed by atoms with Crippen molar-refractivity contribution in [1.82, 2.24) is 15.0 Å². The van der Waals surface area contributed by atoms with Crippen LogP contribution in [-0.2, 0) is 4.79 Å². The predicted octanol–water partition coefficient (Wildman–Crippen LogP) is -0.873. The van der Waals surface area contributed by atoms with Gasteiger partial charge in [-0.2, -0.15) is 15.0 Å². The fraction of sp³-hybridized carbons (Fsp3) is 0. The Kier molecular flexibility index (Phi) is 2.38. The van der Waals surface area contributed by atoms with Crippen LogP contribution in [0.1, 0.15) is 0 Å². The summed E-state index contributed by atoms with van der Waals surface area (Å²) in [6, 6.07) is -0.241. The molecule has 0 atom stereocenters. The maximum Gasteiger partial charge on any atom is 0.337 e. The van der Waals surface area contributed by atoms with Crippen LogP contribution in [0.4, 0.5) is 11.9 Å². The van der Waals surface area contributed by atoms with Crippen molar-refractivity contribution in [2.75, 3.05) is 11.5 Å². The first-order chi connectivity index (χ1) is 6.11. The molecule has 1 aromatic heterocycles.